The lowest BCUT2D eigenvalue weighted by Gasteiger charge is -2.36. The van der Waals surface area contributed by atoms with Crippen molar-refractivity contribution in [2.75, 3.05) is 6.54 Å². The van der Waals surface area contributed by atoms with Gasteiger partial charge < -0.3 is 21.9 Å². The van der Waals surface area contributed by atoms with Gasteiger partial charge in [0.05, 0.1) is 11.0 Å². The van der Waals surface area contributed by atoms with Gasteiger partial charge in [0.25, 0.3) is 0 Å². The molecule has 27 heavy (non-hydrogen) atoms. The van der Waals surface area contributed by atoms with Gasteiger partial charge in [-0.2, -0.15) is 4.57 Å². The van der Waals surface area contributed by atoms with Gasteiger partial charge in [0.15, 0.2) is 5.69 Å². The zero-order valence-electron chi connectivity index (χ0n) is 16.2. The minimum absolute atomic E-state index is 0. The second kappa shape index (κ2) is 10.9. The maximum absolute atomic E-state index is 13.2. The zero-order chi connectivity index (χ0) is 18.4. The van der Waals surface area contributed by atoms with E-state index in [0.29, 0.717) is 6.54 Å². The number of allylic oxidation sites excluding steroid dienone is 4. The van der Waals surface area contributed by atoms with Crippen molar-refractivity contribution in [3.05, 3.63) is 52.7 Å². The molecule has 3 heterocycles. The number of hydrogen-bond donors (Lipinski definition) is 1. The van der Waals surface area contributed by atoms with E-state index in [1.54, 1.807) is 11.3 Å². The predicted octanol–water partition coefficient (Wildman–Crippen LogP) is 0.416. The highest BCUT2D eigenvalue weighted by Gasteiger charge is 2.30. The minimum atomic E-state index is -0.236. The molecule has 0 aliphatic carbocycles. The first kappa shape index (κ1) is 22.1. The third kappa shape index (κ3) is 5.87. The Morgan fingerprint density at radius 3 is 2.74 bits per heavy atom. The van der Waals surface area contributed by atoms with E-state index in [9.17, 15) is 4.79 Å². The fourth-order valence-corrected chi connectivity index (χ4v) is 4.38. The molecule has 2 atom stereocenters. The summed E-state index contributed by atoms with van der Waals surface area (Å²) in [6.45, 7) is 5.64. The number of hydrogen-bond acceptors (Lipinski definition) is 4. The molecule has 2 aliphatic rings. The smallest absolute Gasteiger partial charge is 0.225 e. The summed E-state index contributed by atoms with van der Waals surface area (Å²) in [6, 6.07) is -0.236. The molecule has 0 radical (unpaired) electrons. The average Bonchev–Trinajstić information content (AvgIpc) is 2.87. The molecule has 148 valence electrons. The third-order valence-electron chi connectivity index (χ3n) is 5.30. The van der Waals surface area contributed by atoms with E-state index in [4.69, 9.17) is 0 Å². The van der Waals surface area contributed by atoms with Gasteiger partial charge in [-0.1, -0.05) is 54.9 Å². The van der Waals surface area contributed by atoms with Crippen LogP contribution in [0.1, 0.15) is 42.7 Å². The van der Waals surface area contributed by atoms with E-state index in [1.807, 2.05) is 30.4 Å². The molecule has 2 unspecified atom stereocenters. The van der Waals surface area contributed by atoms with Crippen LogP contribution in [0.2, 0.25) is 0 Å². The van der Waals surface area contributed by atoms with E-state index < -0.39 is 0 Å². The topological polar surface area (TPSA) is 36.2 Å². The van der Waals surface area contributed by atoms with E-state index in [0.717, 1.165) is 13.0 Å². The van der Waals surface area contributed by atoms with Crippen molar-refractivity contribution >= 4 is 17.1 Å². The number of thiazole rings is 1. The van der Waals surface area contributed by atoms with Gasteiger partial charge >= 0.3 is 0 Å². The molecule has 0 aromatic carbocycles. The third-order valence-corrected chi connectivity index (χ3v) is 6.31. The number of aryl methyl sites for hydroxylation is 1. The Morgan fingerprint density at radius 1 is 1.19 bits per heavy atom. The second-order valence-electron chi connectivity index (χ2n) is 7.14. The van der Waals surface area contributed by atoms with Gasteiger partial charge in [-0.25, -0.2) is 0 Å². The van der Waals surface area contributed by atoms with Crippen molar-refractivity contribution in [1.82, 2.24) is 10.2 Å². The Hall–Kier alpha value is -1.24. The number of carbonyl (C=O) groups is 1. The van der Waals surface area contributed by atoms with Crippen LogP contribution in [0.25, 0.3) is 0 Å². The van der Waals surface area contributed by atoms with Gasteiger partial charge in [-0.05, 0) is 32.4 Å². The number of nitrogens with zero attached hydrogens (tertiary/aromatic N) is 2. The number of aromatic nitrogens is 1. The summed E-state index contributed by atoms with van der Waals surface area (Å²) in [5, 5.41) is 3.66. The van der Waals surface area contributed by atoms with Crippen LogP contribution in [0.4, 0.5) is 0 Å². The van der Waals surface area contributed by atoms with Crippen LogP contribution in [-0.4, -0.2) is 29.4 Å². The Labute approximate surface area is 177 Å². The van der Waals surface area contributed by atoms with Crippen molar-refractivity contribution in [3.8, 4) is 0 Å². The van der Waals surface area contributed by atoms with E-state index in [1.165, 1.54) is 36.3 Å². The maximum Gasteiger partial charge on any atom is 0.225 e. The lowest BCUT2D eigenvalue weighted by Crippen LogP contribution is -3.00. The molecular formula is C21H30BrN3OS. The summed E-state index contributed by atoms with van der Waals surface area (Å²) in [6.07, 6.45) is 18.5. The Balaban J connectivity index is 0.00000261. The molecule has 1 aromatic heterocycles. The highest BCUT2D eigenvalue weighted by Crippen LogP contribution is 2.18. The maximum atomic E-state index is 13.2. The number of halogens is 1. The normalized spacial score (nSPS) is 26.7. The molecule has 0 spiro atoms. The van der Waals surface area contributed by atoms with E-state index >= 15 is 0 Å². The van der Waals surface area contributed by atoms with Crippen LogP contribution in [0.3, 0.4) is 0 Å². The van der Waals surface area contributed by atoms with Crippen molar-refractivity contribution in [1.29, 1.82) is 0 Å². The van der Waals surface area contributed by atoms with Gasteiger partial charge in [-0.15, -0.1) is 0 Å². The fraction of sp³-hybridized carbons (Fsp3) is 0.524. The molecule has 1 aromatic rings. The molecule has 6 heteroatoms. The zero-order valence-corrected chi connectivity index (χ0v) is 18.6. The number of Topliss-reactive ketones (excluding diaryl/α,β-unsaturated/α-hetero) is 1. The van der Waals surface area contributed by atoms with Crippen LogP contribution < -0.4 is 26.9 Å². The van der Waals surface area contributed by atoms with E-state index in [-0.39, 0.29) is 35.0 Å². The first-order valence-electron chi connectivity index (χ1n) is 9.66. The van der Waals surface area contributed by atoms with Crippen LogP contribution in [0, 0.1) is 13.8 Å². The molecule has 4 nitrogen and oxygen atoms in total. The molecular weight excluding hydrogens is 422 g/mol. The monoisotopic (exact) mass is 451 g/mol. The minimum Gasteiger partial charge on any atom is -1.00 e. The van der Waals surface area contributed by atoms with Crippen molar-refractivity contribution < 1.29 is 26.3 Å². The predicted molar refractivity (Wildman–Crippen MR) is 107 cm³/mol. The van der Waals surface area contributed by atoms with E-state index in [2.05, 4.69) is 40.3 Å². The average molecular weight is 452 g/mol. The molecule has 0 saturated carbocycles. The molecule has 1 N–H and O–H groups in total. The summed E-state index contributed by atoms with van der Waals surface area (Å²) in [5.74, 6) is 0.232. The van der Waals surface area contributed by atoms with Crippen LogP contribution in [-0.2, 0) is 11.3 Å². The molecule has 1 fully saturated rings. The summed E-state index contributed by atoms with van der Waals surface area (Å²) in [4.78, 5) is 16.7. The van der Waals surface area contributed by atoms with Gasteiger partial charge in [-0.3, -0.25) is 10.1 Å². The van der Waals surface area contributed by atoms with Crippen LogP contribution in [0.15, 0.2) is 42.1 Å². The largest absolute Gasteiger partial charge is 1.00 e. The number of ketones is 1. The fourth-order valence-electron chi connectivity index (χ4n) is 3.58. The Morgan fingerprint density at radius 2 is 1.96 bits per heavy atom. The summed E-state index contributed by atoms with van der Waals surface area (Å²) in [5.41, 5.74) is 3.24. The van der Waals surface area contributed by atoms with Gasteiger partial charge in [0.2, 0.25) is 17.8 Å². The Kier molecular flexibility index (Phi) is 8.93. The molecule has 0 bridgehead atoms. The van der Waals surface area contributed by atoms with Crippen molar-refractivity contribution in [2.24, 2.45) is 0 Å². The van der Waals surface area contributed by atoms with Crippen molar-refractivity contribution in [3.63, 3.8) is 0 Å². The Bertz CT molecular complexity index is 702. The standard InChI is InChI=1S/C21H30N3OS.BrH/c1-17-18(2)26-16-23(17)15-20(25)19-11-7-4-6-10-14-24(19)21-12-8-3-5-9-13-22-21;/h4,6-7,10-11,14,16,19,21-22H,3,5,8-9,12-13,15H2,1-2H3;1H/q+1;/p-1/b6-4-,11-7-,14-10-;. The molecule has 1 saturated heterocycles. The van der Waals surface area contributed by atoms with Crippen molar-refractivity contribution in [2.45, 2.75) is 64.7 Å². The summed E-state index contributed by atoms with van der Waals surface area (Å²) < 4.78 is 2.08. The first-order chi connectivity index (χ1) is 12.7. The summed E-state index contributed by atoms with van der Waals surface area (Å²) >= 11 is 1.70. The second-order valence-corrected chi connectivity index (χ2v) is 8.19. The lowest BCUT2D eigenvalue weighted by atomic mass is 10.0. The molecule has 3 rings (SSSR count). The number of rotatable bonds is 4. The lowest BCUT2D eigenvalue weighted by molar-refractivity contribution is -0.685. The van der Waals surface area contributed by atoms with Gasteiger partial charge in [0, 0.05) is 13.1 Å². The number of carbonyl (C=O) groups excluding carboxylic acids is 1. The highest BCUT2D eigenvalue weighted by atomic mass is 79.9. The van der Waals surface area contributed by atoms with Crippen LogP contribution in [0.5, 0.6) is 0 Å². The highest BCUT2D eigenvalue weighted by molar-refractivity contribution is 7.09. The number of nitrogens with one attached hydrogen (secondary N) is 1. The summed E-state index contributed by atoms with van der Waals surface area (Å²) in [7, 11) is 0. The molecule has 0 amide bonds. The SMILES string of the molecule is Cc1sc[n+](CC(=O)C2\C=C/C=C\C=C/N2C2CCCCCCN2)c1C.[Br-]. The quantitative estimate of drug-likeness (QED) is 0.673. The molecule has 2 aliphatic heterocycles. The van der Waals surface area contributed by atoms with Gasteiger partial charge in [0.1, 0.15) is 6.04 Å². The first-order valence-corrected chi connectivity index (χ1v) is 10.5. The van der Waals surface area contributed by atoms with Crippen LogP contribution >= 0.6 is 11.3 Å².